The molecule has 0 aliphatic carbocycles. The predicted molar refractivity (Wildman–Crippen MR) is 95.3 cm³/mol. The number of nitrogens with one attached hydrogen (secondary N) is 2. The van der Waals surface area contributed by atoms with Crippen molar-refractivity contribution in [2.45, 2.75) is 13.0 Å². The van der Waals surface area contributed by atoms with Gasteiger partial charge in [-0.2, -0.15) is 0 Å². The maximum atomic E-state index is 13.7. The van der Waals surface area contributed by atoms with Gasteiger partial charge in [-0.15, -0.1) is 0 Å². The first kappa shape index (κ1) is 19.6. The fourth-order valence-electron chi connectivity index (χ4n) is 2.27. The second kappa shape index (κ2) is 9.65. The number of anilines is 1. The number of aliphatic hydroxyl groups is 1. The quantitative estimate of drug-likeness (QED) is 0.674. The fraction of sp³-hybridized carbons (Fsp3) is 0.263. The molecule has 0 fully saturated rings. The number of ether oxygens (including phenoxy) is 1. The molecule has 0 aromatic heterocycles. The summed E-state index contributed by atoms with van der Waals surface area (Å²) in [5.41, 5.74) is 0.858. The number of benzene rings is 2. The Morgan fingerprint density at radius 3 is 2.62 bits per heavy atom. The topological polar surface area (TPSA) is 87.7 Å². The minimum atomic E-state index is -0.876. The highest BCUT2D eigenvalue weighted by molar-refractivity contribution is 5.97. The summed E-state index contributed by atoms with van der Waals surface area (Å²) in [5, 5.41) is 15.1. The molecule has 0 bridgehead atoms. The Kier molecular flexibility index (Phi) is 7.25. The molecule has 2 rings (SSSR count). The van der Waals surface area contributed by atoms with Crippen LogP contribution in [0.4, 0.5) is 10.1 Å². The van der Waals surface area contributed by atoms with Crippen LogP contribution < -0.4 is 10.6 Å². The lowest BCUT2D eigenvalue weighted by molar-refractivity contribution is -0.120. The molecule has 0 aliphatic rings. The summed E-state index contributed by atoms with van der Waals surface area (Å²) in [6.07, 6.45) is -0.876. The molecule has 0 unspecified atom stereocenters. The summed E-state index contributed by atoms with van der Waals surface area (Å²) in [6.45, 7) is 1.96. The van der Waals surface area contributed by atoms with Gasteiger partial charge in [0.05, 0.1) is 6.10 Å². The summed E-state index contributed by atoms with van der Waals surface area (Å²) in [6, 6.07) is 12.4. The maximum Gasteiger partial charge on any atom is 0.251 e. The van der Waals surface area contributed by atoms with Gasteiger partial charge in [-0.05, 0) is 30.7 Å². The molecule has 1 atom stereocenters. The highest BCUT2D eigenvalue weighted by Gasteiger charge is 2.13. The zero-order chi connectivity index (χ0) is 18.9. The van der Waals surface area contributed by atoms with Crippen LogP contribution in [0.1, 0.15) is 28.9 Å². The van der Waals surface area contributed by atoms with Crippen LogP contribution >= 0.6 is 0 Å². The molecule has 2 amide bonds. The average Bonchev–Trinajstić information content (AvgIpc) is 2.64. The zero-order valence-corrected chi connectivity index (χ0v) is 14.4. The third kappa shape index (κ3) is 5.94. The lowest BCUT2D eigenvalue weighted by Gasteiger charge is -2.13. The molecule has 7 heteroatoms. The van der Waals surface area contributed by atoms with Gasteiger partial charge in [0.15, 0.2) is 0 Å². The zero-order valence-electron chi connectivity index (χ0n) is 14.4. The highest BCUT2D eigenvalue weighted by atomic mass is 19.1. The first-order valence-corrected chi connectivity index (χ1v) is 8.19. The molecular formula is C19H21FN2O4. The molecule has 2 aromatic rings. The third-order valence-electron chi connectivity index (χ3n) is 3.52. The summed E-state index contributed by atoms with van der Waals surface area (Å²) in [5.74, 6) is -1.66. The van der Waals surface area contributed by atoms with Crippen LogP contribution in [-0.2, 0) is 9.53 Å². The number of aliphatic hydroxyl groups excluding tert-OH is 1. The summed E-state index contributed by atoms with van der Waals surface area (Å²) >= 11 is 0. The van der Waals surface area contributed by atoms with Crippen molar-refractivity contribution in [3.63, 3.8) is 0 Å². The van der Waals surface area contributed by atoms with E-state index in [2.05, 4.69) is 10.6 Å². The second-order valence-electron chi connectivity index (χ2n) is 5.55. The van der Waals surface area contributed by atoms with E-state index in [4.69, 9.17) is 4.74 Å². The van der Waals surface area contributed by atoms with Crippen molar-refractivity contribution in [3.8, 4) is 0 Å². The van der Waals surface area contributed by atoms with Gasteiger partial charge in [0, 0.05) is 24.4 Å². The van der Waals surface area contributed by atoms with E-state index in [-0.39, 0.29) is 24.4 Å². The SMILES string of the molecule is CCOCC(=O)Nc1cc(F)cc(C(=O)NC[C@H](O)c2ccccc2)c1. The Labute approximate surface area is 151 Å². The van der Waals surface area contributed by atoms with Gasteiger partial charge in [0.2, 0.25) is 5.91 Å². The number of hydrogen-bond acceptors (Lipinski definition) is 4. The van der Waals surface area contributed by atoms with Crippen molar-refractivity contribution in [2.24, 2.45) is 0 Å². The fourth-order valence-corrected chi connectivity index (χ4v) is 2.27. The molecule has 2 aromatic carbocycles. The summed E-state index contributed by atoms with van der Waals surface area (Å²) in [4.78, 5) is 23.9. The molecule has 3 N–H and O–H groups in total. The molecule has 0 heterocycles. The lowest BCUT2D eigenvalue weighted by atomic mass is 10.1. The Hall–Kier alpha value is -2.77. The molecule has 0 aliphatic heterocycles. The maximum absolute atomic E-state index is 13.7. The van der Waals surface area contributed by atoms with Crippen molar-refractivity contribution >= 4 is 17.5 Å². The van der Waals surface area contributed by atoms with E-state index in [0.717, 1.165) is 12.1 Å². The molecule has 138 valence electrons. The molecule has 0 radical (unpaired) electrons. The highest BCUT2D eigenvalue weighted by Crippen LogP contribution is 2.15. The van der Waals surface area contributed by atoms with Crippen LogP contribution in [0.5, 0.6) is 0 Å². The molecule has 26 heavy (non-hydrogen) atoms. The normalized spacial score (nSPS) is 11.7. The van der Waals surface area contributed by atoms with Crippen LogP contribution in [0.25, 0.3) is 0 Å². The number of halogens is 1. The van der Waals surface area contributed by atoms with Crippen LogP contribution in [0.15, 0.2) is 48.5 Å². The van der Waals surface area contributed by atoms with Crippen LogP contribution in [0.3, 0.4) is 0 Å². The van der Waals surface area contributed by atoms with E-state index in [1.165, 1.54) is 6.07 Å². The largest absolute Gasteiger partial charge is 0.387 e. The Bertz CT molecular complexity index is 752. The van der Waals surface area contributed by atoms with Gasteiger partial charge >= 0.3 is 0 Å². The van der Waals surface area contributed by atoms with Crippen LogP contribution in [-0.4, -0.2) is 36.7 Å². The van der Waals surface area contributed by atoms with E-state index in [0.29, 0.717) is 12.2 Å². The van der Waals surface area contributed by atoms with E-state index in [1.54, 1.807) is 31.2 Å². The Balaban J connectivity index is 1.98. The van der Waals surface area contributed by atoms with E-state index < -0.39 is 23.7 Å². The van der Waals surface area contributed by atoms with Crippen LogP contribution in [0.2, 0.25) is 0 Å². The standard InChI is InChI=1S/C19H21FN2O4/c1-2-26-12-18(24)22-16-9-14(8-15(20)10-16)19(25)21-11-17(23)13-6-4-3-5-7-13/h3-10,17,23H,2,11-12H2,1H3,(H,21,25)(H,22,24)/t17-/m0/s1. The van der Waals surface area contributed by atoms with E-state index >= 15 is 0 Å². The van der Waals surface area contributed by atoms with Crippen molar-refractivity contribution in [2.75, 3.05) is 25.1 Å². The lowest BCUT2D eigenvalue weighted by Crippen LogP contribution is -2.28. The number of rotatable bonds is 8. The summed E-state index contributed by atoms with van der Waals surface area (Å²) in [7, 11) is 0. The molecule has 0 spiro atoms. The van der Waals surface area contributed by atoms with Gasteiger partial charge in [0.25, 0.3) is 5.91 Å². The van der Waals surface area contributed by atoms with Crippen molar-refractivity contribution in [3.05, 3.63) is 65.5 Å². The Morgan fingerprint density at radius 2 is 1.92 bits per heavy atom. The van der Waals surface area contributed by atoms with Crippen molar-refractivity contribution in [1.82, 2.24) is 5.32 Å². The minimum Gasteiger partial charge on any atom is -0.387 e. The number of amides is 2. The van der Waals surface area contributed by atoms with Gasteiger partial charge in [0.1, 0.15) is 12.4 Å². The Morgan fingerprint density at radius 1 is 1.19 bits per heavy atom. The van der Waals surface area contributed by atoms with Crippen molar-refractivity contribution in [1.29, 1.82) is 0 Å². The molecule has 6 nitrogen and oxygen atoms in total. The number of carbonyl (C=O) groups is 2. The first-order valence-electron chi connectivity index (χ1n) is 8.19. The molecular weight excluding hydrogens is 339 g/mol. The van der Waals surface area contributed by atoms with Gasteiger partial charge in [-0.25, -0.2) is 4.39 Å². The minimum absolute atomic E-state index is 0.0224. The van der Waals surface area contributed by atoms with Crippen molar-refractivity contribution < 1.29 is 23.8 Å². The predicted octanol–water partition coefficient (Wildman–Crippen LogP) is 2.26. The first-order chi connectivity index (χ1) is 12.5. The number of hydrogen-bond donors (Lipinski definition) is 3. The monoisotopic (exact) mass is 360 g/mol. The van der Waals surface area contributed by atoms with E-state index in [9.17, 15) is 19.1 Å². The van der Waals surface area contributed by atoms with Gasteiger partial charge < -0.3 is 20.5 Å². The number of carbonyl (C=O) groups excluding carboxylic acids is 2. The smallest absolute Gasteiger partial charge is 0.251 e. The van der Waals surface area contributed by atoms with Crippen LogP contribution in [0, 0.1) is 5.82 Å². The van der Waals surface area contributed by atoms with Gasteiger partial charge in [-0.1, -0.05) is 30.3 Å². The second-order valence-corrected chi connectivity index (χ2v) is 5.55. The van der Waals surface area contributed by atoms with E-state index in [1.807, 2.05) is 6.07 Å². The molecule has 0 saturated carbocycles. The average molecular weight is 360 g/mol. The summed E-state index contributed by atoms with van der Waals surface area (Å²) < 4.78 is 18.7. The third-order valence-corrected chi connectivity index (χ3v) is 3.52. The molecule has 0 saturated heterocycles. The van der Waals surface area contributed by atoms with Gasteiger partial charge in [-0.3, -0.25) is 9.59 Å².